The highest BCUT2D eigenvalue weighted by Crippen LogP contribution is 2.38. The molecular weight excluding hydrogens is 250 g/mol. The minimum absolute atomic E-state index is 0.284. The Kier molecular flexibility index (Phi) is 3.18. The molecule has 0 radical (unpaired) electrons. The second-order valence-corrected chi connectivity index (χ2v) is 6.46. The molecule has 2 heterocycles. The lowest BCUT2D eigenvalue weighted by Gasteiger charge is -2.15. The standard InChI is InChI=1S/C13H13NOS2/c15-11(6-10-7-14-8-16-10)13-5-9-3-1-2-4-12(9)17-13/h1-4,7-8,11,13,15H,5-6H2. The molecule has 0 aliphatic carbocycles. The fourth-order valence-corrected chi connectivity index (χ4v) is 4.05. The van der Waals surface area contributed by atoms with Crippen molar-refractivity contribution in [2.24, 2.45) is 0 Å². The van der Waals surface area contributed by atoms with Crippen LogP contribution in [0.4, 0.5) is 0 Å². The van der Waals surface area contributed by atoms with Gasteiger partial charge >= 0.3 is 0 Å². The van der Waals surface area contributed by atoms with Crippen LogP contribution < -0.4 is 0 Å². The summed E-state index contributed by atoms with van der Waals surface area (Å²) in [5.74, 6) is 0. The molecule has 0 spiro atoms. The zero-order valence-corrected chi connectivity index (χ0v) is 10.9. The summed E-state index contributed by atoms with van der Waals surface area (Å²) < 4.78 is 0. The lowest BCUT2D eigenvalue weighted by atomic mass is 10.0. The largest absolute Gasteiger partial charge is 0.392 e. The van der Waals surface area contributed by atoms with Gasteiger partial charge in [0.05, 0.1) is 11.6 Å². The topological polar surface area (TPSA) is 33.1 Å². The Labute approximate surface area is 109 Å². The van der Waals surface area contributed by atoms with Gasteiger partial charge in [-0.05, 0) is 18.1 Å². The molecule has 0 saturated heterocycles. The van der Waals surface area contributed by atoms with E-state index in [9.17, 15) is 5.11 Å². The van der Waals surface area contributed by atoms with E-state index in [0.29, 0.717) is 0 Å². The molecule has 1 aliphatic heterocycles. The SMILES string of the molecule is OC(Cc1cncs1)C1Cc2ccccc2S1. The van der Waals surface area contributed by atoms with Gasteiger partial charge in [0.1, 0.15) is 0 Å². The zero-order valence-electron chi connectivity index (χ0n) is 9.24. The number of hydrogen-bond donors (Lipinski definition) is 1. The Morgan fingerprint density at radius 2 is 2.29 bits per heavy atom. The summed E-state index contributed by atoms with van der Waals surface area (Å²) in [7, 11) is 0. The second-order valence-electron chi connectivity index (χ2n) is 4.21. The van der Waals surface area contributed by atoms with E-state index in [1.807, 2.05) is 11.7 Å². The van der Waals surface area contributed by atoms with Crippen LogP contribution in [-0.4, -0.2) is 21.4 Å². The van der Waals surface area contributed by atoms with E-state index < -0.39 is 0 Å². The van der Waals surface area contributed by atoms with Crippen molar-refractivity contribution in [1.82, 2.24) is 4.98 Å². The molecule has 0 bridgehead atoms. The van der Waals surface area contributed by atoms with E-state index in [2.05, 4.69) is 29.2 Å². The molecule has 1 aromatic carbocycles. The minimum atomic E-state index is -0.284. The minimum Gasteiger partial charge on any atom is -0.392 e. The summed E-state index contributed by atoms with van der Waals surface area (Å²) in [6, 6.07) is 8.42. The normalized spacial score (nSPS) is 20.2. The van der Waals surface area contributed by atoms with Gasteiger partial charge in [0.15, 0.2) is 0 Å². The smallest absolute Gasteiger partial charge is 0.0794 e. The highest BCUT2D eigenvalue weighted by Gasteiger charge is 2.28. The summed E-state index contributed by atoms with van der Waals surface area (Å²) in [6.07, 6.45) is 3.26. The summed E-state index contributed by atoms with van der Waals surface area (Å²) >= 11 is 3.41. The molecule has 0 fully saturated rings. The molecule has 3 rings (SSSR count). The third-order valence-electron chi connectivity index (χ3n) is 2.99. The third kappa shape index (κ3) is 2.39. The fourth-order valence-electron chi connectivity index (χ4n) is 2.10. The zero-order chi connectivity index (χ0) is 11.7. The average molecular weight is 263 g/mol. The van der Waals surface area contributed by atoms with E-state index in [1.54, 1.807) is 23.1 Å². The number of benzene rings is 1. The van der Waals surface area contributed by atoms with E-state index in [0.717, 1.165) is 17.7 Å². The number of nitrogens with zero attached hydrogens (tertiary/aromatic N) is 1. The van der Waals surface area contributed by atoms with Crippen LogP contribution in [-0.2, 0) is 12.8 Å². The van der Waals surface area contributed by atoms with Crippen LogP contribution in [0.25, 0.3) is 0 Å². The monoisotopic (exact) mass is 263 g/mol. The van der Waals surface area contributed by atoms with Crippen molar-refractivity contribution in [1.29, 1.82) is 0 Å². The number of fused-ring (bicyclic) bond motifs is 1. The van der Waals surface area contributed by atoms with Gasteiger partial charge in [-0.2, -0.15) is 0 Å². The van der Waals surface area contributed by atoms with Crippen LogP contribution in [0.5, 0.6) is 0 Å². The van der Waals surface area contributed by atoms with Crippen LogP contribution in [0, 0.1) is 0 Å². The molecule has 1 aliphatic rings. The molecule has 2 atom stereocenters. The van der Waals surface area contributed by atoms with E-state index >= 15 is 0 Å². The van der Waals surface area contributed by atoms with Crippen molar-refractivity contribution in [3.63, 3.8) is 0 Å². The number of aliphatic hydroxyl groups is 1. The highest BCUT2D eigenvalue weighted by molar-refractivity contribution is 8.00. The summed E-state index contributed by atoms with van der Waals surface area (Å²) in [4.78, 5) is 6.52. The number of hydrogen-bond acceptors (Lipinski definition) is 4. The number of aliphatic hydroxyl groups excluding tert-OH is 1. The molecular formula is C13H13NOS2. The van der Waals surface area contributed by atoms with Gasteiger partial charge in [-0.3, -0.25) is 4.98 Å². The maximum Gasteiger partial charge on any atom is 0.0794 e. The fraction of sp³-hybridized carbons (Fsp3) is 0.308. The van der Waals surface area contributed by atoms with Gasteiger partial charge in [0.2, 0.25) is 0 Å². The molecule has 17 heavy (non-hydrogen) atoms. The molecule has 1 aromatic heterocycles. The van der Waals surface area contributed by atoms with Crippen LogP contribution in [0.1, 0.15) is 10.4 Å². The predicted molar refractivity (Wildman–Crippen MR) is 71.6 cm³/mol. The van der Waals surface area contributed by atoms with Crippen molar-refractivity contribution in [2.45, 2.75) is 29.1 Å². The maximum atomic E-state index is 10.3. The quantitative estimate of drug-likeness (QED) is 0.924. The maximum absolute atomic E-state index is 10.3. The lowest BCUT2D eigenvalue weighted by Crippen LogP contribution is -2.24. The van der Waals surface area contributed by atoms with Gasteiger partial charge < -0.3 is 5.11 Å². The first-order valence-electron chi connectivity index (χ1n) is 5.63. The van der Waals surface area contributed by atoms with Crippen LogP contribution >= 0.6 is 23.1 Å². The van der Waals surface area contributed by atoms with Gasteiger partial charge in [-0.25, -0.2) is 0 Å². The number of thioether (sulfide) groups is 1. The van der Waals surface area contributed by atoms with Crippen molar-refractivity contribution in [3.8, 4) is 0 Å². The molecule has 88 valence electrons. The van der Waals surface area contributed by atoms with Gasteiger partial charge in [-0.1, -0.05) is 18.2 Å². The Bertz CT molecular complexity index is 473. The lowest BCUT2D eigenvalue weighted by molar-refractivity contribution is 0.173. The molecule has 1 N–H and O–H groups in total. The van der Waals surface area contributed by atoms with Crippen LogP contribution in [0.3, 0.4) is 0 Å². The van der Waals surface area contributed by atoms with Crippen molar-refractivity contribution in [3.05, 3.63) is 46.4 Å². The Morgan fingerprint density at radius 3 is 3.06 bits per heavy atom. The molecule has 0 amide bonds. The van der Waals surface area contributed by atoms with Crippen LogP contribution in [0.15, 0.2) is 40.9 Å². The van der Waals surface area contributed by atoms with Crippen LogP contribution in [0.2, 0.25) is 0 Å². The Hall–Kier alpha value is -0.840. The second kappa shape index (κ2) is 4.80. The summed E-state index contributed by atoms with van der Waals surface area (Å²) in [5, 5.41) is 10.5. The number of thiazole rings is 1. The molecule has 4 heteroatoms. The van der Waals surface area contributed by atoms with Crippen molar-refractivity contribution < 1.29 is 5.11 Å². The first-order chi connectivity index (χ1) is 8.33. The van der Waals surface area contributed by atoms with Crippen molar-refractivity contribution >= 4 is 23.1 Å². The molecule has 2 aromatic rings. The number of rotatable bonds is 3. The predicted octanol–water partition coefficient (Wildman–Crippen LogP) is 2.76. The number of aromatic nitrogens is 1. The first kappa shape index (κ1) is 11.3. The molecule has 2 nitrogen and oxygen atoms in total. The first-order valence-corrected chi connectivity index (χ1v) is 7.39. The Balaban J connectivity index is 1.68. The molecule has 0 saturated carbocycles. The van der Waals surface area contributed by atoms with Crippen molar-refractivity contribution in [2.75, 3.05) is 0 Å². The highest BCUT2D eigenvalue weighted by atomic mass is 32.2. The molecule has 2 unspecified atom stereocenters. The summed E-state index contributed by atoms with van der Waals surface area (Å²) in [6.45, 7) is 0. The average Bonchev–Trinajstić information content (AvgIpc) is 2.96. The van der Waals surface area contributed by atoms with E-state index in [1.165, 1.54) is 10.5 Å². The van der Waals surface area contributed by atoms with Gasteiger partial charge in [0.25, 0.3) is 0 Å². The third-order valence-corrected chi connectivity index (χ3v) is 5.23. The summed E-state index contributed by atoms with van der Waals surface area (Å²) in [5.41, 5.74) is 3.18. The van der Waals surface area contributed by atoms with Gasteiger partial charge in [0, 0.05) is 27.6 Å². The van der Waals surface area contributed by atoms with E-state index in [-0.39, 0.29) is 11.4 Å². The van der Waals surface area contributed by atoms with Gasteiger partial charge in [-0.15, -0.1) is 23.1 Å². The Morgan fingerprint density at radius 1 is 1.41 bits per heavy atom. The van der Waals surface area contributed by atoms with E-state index in [4.69, 9.17) is 0 Å².